The number of nitrogens with zero attached hydrogens (tertiary/aromatic N) is 10. The van der Waals surface area contributed by atoms with Crippen LogP contribution in [0.2, 0.25) is 0 Å². The summed E-state index contributed by atoms with van der Waals surface area (Å²) in [6.07, 6.45) is 0. The highest BCUT2D eigenvalue weighted by molar-refractivity contribution is 6.89. The lowest BCUT2D eigenvalue weighted by atomic mass is 11.6. The quantitative estimate of drug-likeness (QED) is 0.254. The zero-order valence-electron chi connectivity index (χ0n) is 17.7. The van der Waals surface area contributed by atoms with Crippen LogP contribution >= 0.6 is 0 Å². The third-order valence-corrected chi connectivity index (χ3v) is 43.0. The molecule has 23 heteroatoms. The molecule has 0 spiro atoms. The van der Waals surface area contributed by atoms with Gasteiger partial charge in [0.15, 0.2) is 59.1 Å². The Balaban J connectivity index is 1.52. The number of rotatable bonds is 0. The van der Waals surface area contributed by atoms with Gasteiger partial charge in [0.05, 0.1) is 0 Å². The Labute approximate surface area is 195 Å². The summed E-state index contributed by atoms with van der Waals surface area (Å²) in [5, 5.41) is 0. The molecule has 0 amide bonds. The van der Waals surface area contributed by atoms with Crippen molar-refractivity contribution in [1.82, 2.24) is 40.3 Å². The van der Waals surface area contributed by atoms with Crippen molar-refractivity contribution in [2.45, 2.75) is 0 Å². The van der Waals surface area contributed by atoms with Crippen molar-refractivity contribution in [3.05, 3.63) is 0 Å². The highest BCUT2D eigenvalue weighted by Gasteiger charge is 2.33. The molecule has 0 radical (unpaired) electrons. The van der Waals surface area contributed by atoms with Gasteiger partial charge in [0.1, 0.15) is 68.9 Å². The van der Waals surface area contributed by atoms with E-state index in [1.807, 2.05) is 0 Å². The van der Waals surface area contributed by atoms with Crippen molar-refractivity contribution in [1.29, 1.82) is 0 Å². The van der Waals surface area contributed by atoms with Crippen LogP contribution in [0.5, 0.6) is 0 Å². The van der Waals surface area contributed by atoms with E-state index < -0.39 is 0 Å². The third kappa shape index (κ3) is 6.70. The number of hydrogen-bond acceptors (Lipinski definition) is 10. The van der Waals surface area contributed by atoms with E-state index in [4.69, 9.17) is 0 Å². The maximum atomic E-state index is 3.30. The normalized spacial score (nSPS) is 55.6. The second kappa shape index (κ2) is 10.4. The van der Waals surface area contributed by atoms with Crippen LogP contribution in [0, 0.1) is 0 Å². The lowest BCUT2D eigenvalue weighted by molar-refractivity contribution is 0.632. The fraction of sp³-hybridized carbons (Fsp3) is 1.00. The second-order valence-electron chi connectivity index (χ2n) is 9.29. The van der Waals surface area contributed by atoms with Gasteiger partial charge in [0.2, 0.25) is 0 Å². The standard InChI is InChI=1S/C4H38N10Si13/c1-5-15-6(2)18-10-21-9(17-5)23-13-25-11-19-7(3)16-8(4)20-12(22-11)26-14(24-10)27-13/h15-27H2,1-4H3. The largest absolute Gasteiger partial charge is 0.349 e. The topological polar surface area (TPSA) is 32.4 Å². The molecular formula is C4H38N10Si13. The van der Waals surface area contributed by atoms with Crippen molar-refractivity contribution in [2.75, 3.05) is 28.2 Å². The maximum absolute atomic E-state index is 3.30. The van der Waals surface area contributed by atoms with E-state index in [1.54, 1.807) is 0 Å². The first-order valence-corrected chi connectivity index (χ1v) is 26.5. The van der Waals surface area contributed by atoms with Gasteiger partial charge in [-0.3, -0.25) is 0 Å². The van der Waals surface area contributed by atoms with Crippen molar-refractivity contribution in [2.24, 2.45) is 0 Å². The minimum absolute atomic E-state index is 0.0494. The van der Waals surface area contributed by atoms with Crippen LogP contribution in [0.3, 0.4) is 0 Å². The summed E-state index contributed by atoms with van der Waals surface area (Å²) in [5.41, 5.74) is 0. The van der Waals surface area contributed by atoms with E-state index in [0.29, 0.717) is 0 Å². The Kier molecular flexibility index (Phi) is 8.67. The van der Waals surface area contributed by atoms with Crippen LogP contribution in [-0.4, -0.2) is 196 Å². The Hall–Kier alpha value is 2.42. The molecule has 4 atom stereocenters. The Morgan fingerprint density at radius 2 is 0.444 bits per heavy atom. The average Bonchev–Trinajstić information content (AvgIpc) is 2.47. The highest BCUT2D eigenvalue weighted by atomic mass is 28.5. The summed E-state index contributed by atoms with van der Waals surface area (Å²) in [5.74, 6) is 0. The van der Waals surface area contributed by atoms with Crippen LogP contribution in [0.15, 0.2) is 0 Å². The van der Waals surface area contributed by atoms with Crippen LogP contribution in [0.1, 0.15) is 0 Å². The minimum Gasteiger partial charge on any atom is -0.349 e. The molecule has 4 aliphatic heterocycles. The fourth-order valence-corrected chi connectivity index (χ4v) is 93.1. The smallest absolute Gasteiger partial charge is 0.160 e. The molecule has 4 heterocycles. The van der Waals surface area contributed by atoms with E-state index in [0.717, 1.165) is 0 Å². The van der Waals surface area contributed by atoms with E-state index in [1.165, 1.54) is 0 Å². The molecule has 6 bridgehead atoms. The molecule has 0 aliphatic carbocycles. The van der Waals surface area contributed by atoms with Gasteiger partial charge >= 0.3 is 0 Å². The van der Waals surface area contributed by atoms with Crippen molar-refractivity contribution >= 4 is 128 Å². The number of hydrogen-bond donors (Lipinski definition) is 0. The fourth-order valence-electron chi connectivity index (χ4n) is 5.15. The molecule has 4 saturated heterocycles. The third-order valence-electron chi connectivity index (χ3n) is 5.53. The van der Waals surface area contributed by atoms with Crippen molar-refractivity contribution < 1.29 is 0 Å². The zero-order valence-corrected chi connectivity index (χ0v) is 36.0. The Bertz CT molecular complexity index is 428. The summed E-state index contributed by atoms with van der Waals surface area (Å²) in [7, 11) is 9.16. The van der Waals surface area contributed by atoms with Crippen LogP contribution in [-0.2, 0) is 0 Å². The van der Waals surface area contributed by atoms with Gasteiger partial charge in [0, 0.05) is 0 Å². The minimum atomic E-state index is -0.0800. The van der Waals surface area contributed by atoms with E-state index >= 15 is 0 Å². The summed E-state index contributed by atoms with van der Waals surface area (Å²) in [6.45, 7) is 0. The van der Waals surface area contributed by atoms with Gasteiger partial charge < -0.3 is 40.3 Å². The highest BCUT2D eigenvalue weighted by Crippen LogP contribution is 2.07. The summed E-state index contributed by atoms with van der Waals surface area (Å²) in [4.78, 5) is 0. The van der Waals surface area contributed by atoms with E-state index in [-0.39, 0.29) is 128 Å². The molecule has 0 saturated carbocycles. The lowest BCUT2D eigenvalue weighted by Crippen LogP contribution is -2.74. The molecule has 4 rings (SSSR count). The Morgan fingerprint density at radius 3 is 0.667 bits per heavy atom. The van der Waals surface area contributed by atoms with Gasteiger partial charge in [-0.15, -0.1) is 0 Å². The van der Waals surface area contributed by atoms with Gasteiger partial charge in [-0.1, -0.05) is 0 Å². The first-order valence-electron chi connectivity index (χ1n) is 10.0. The molecule has 10 nitrogen and oxygen atoms in total. The summed E-state index contributed by atoms with van der Waals surface area (Å²) in [6, 6.07) is 0. The van der Waals surface area contributed by atoms with Gasteiger partial charge in [-0.25, -0.2) is 0 Å². The monoisotopic (exact) mass is 590 g/mol. The molecule has 27 heavy (non-hydrogen) atoms. The molecule has 0 aromatic rings. The molecule has 4 unspecified atom stereocenters. The molecule has 0 N–H and O–H groups in total. The first-order chi connectivity index (χ1) is 12.9. The number of fused-ring (bicyclic) bond motifs is 6. The lowest BCUT2D eigenvalue weighted by Gasteiger charge is -2.51. The van der Waals surface area contributed by atoms with E-state index in [9.17, 15) is 0 Å². The molecule has 156 valence electrons. The zero-order chi connectivity index (χ0) is 19.0. The van der Waals surface area contributed by atoms with Crippen LogP contribution < -0.4 is 0 Å². The van der Waals surface area contributed by atoms with Gasteiger partial charge in [-0.05, 0) is 28.2 Å². The summed E-state index contributed by atoms with van der Waals surface area (Å²) < 4.78 is 31.1. The predicted molar refractivity (Wildman–Crippen MR) is 153 cm³/mol. The molecule has 4 fully saturated rings. The molecule has 4 aliphatic rings. The van der Waals surface area contributed by atoms with Gasteiger partial charge in [-0.2, -0.15) is 0 Å². The van der Waals surface area contributed by atoms with Crippen molar-refractivity contribution in [3.63, 3.8) is 0 Å². The van der Waals surface area contributed by atoms with Gasteiger partial charge in [0.25, 0.3) is 0 Å². The summed E-state index contributed by atoms with van der Waals surface area (Å²) >= 11 is 0. The second-order valence-corrected chi connectivity index (χ2v) is 57.4. The van der Waals surface area contributed by atoms with Crippen LogP contribution in [0.25, 0.3) is 0 Å². The molecule has 0 aromatic carbocycles. The molecular weight excluding hydrogens is 553 g/mol. The SMILES string of the molecule is CN1[SiH2]N(C)[SiH2]N2[SiH2]N([SiH2]1)[SiH2]N1[SiH2]N3[SiH2]N(C)[SiH2]N(C)[SiH2]N([SiH2]3)[SiH2]N([SiH2]2)[SiH2]1. The Morgan fingerprint density at radius 1 is 0.259 bits per heavy atom. The van der Waals surface area contributed by atoms with Crippen molar-refractivity contribution in [3.8, 4) is 0 Å². The van der Waals surface area contributed by atoms with Crippen LogP contribution in [0.4, 0.5) is 0 Å². The maximum Gasteiger partial charge on any atom is 0.160 e. The first kappa shape index (κ1) is 22.6. The average molecular weight is 592 g/mol. The molecule has 0 aromatic heterocycles. The predicted octanol–water partition coefficient (Wildman–Crippen LogP) is -14.4. The van der Waals surface area contributed by atoms with E-state index in [2.05, 4.69) is 68.5 Å².